The lowest BCUT2D eigenvalue weighted by molar-refractivity contribution is -0.160. The summed E-state index contributed by atoms with van der Waals surface area (Å²) in [6, 6.07) is 14.4. The van der Waals surface area contributed by atoms with E-state index in [0.29, 0.717) is 16.8 Å². The Hall–Kier alpha value is -3.39. The van der Waals surface area contributed by atoms with E-state index in [4.69, 9.17) is 14.2 Å². The number of ether oxygens (including phenoxy) is 3. The lowest BCUT2D eigenvalue weighted by Gasteiger charge is -2.39. The van der Waals surface area contributed by atoms with Gasteiger partial charge in [0.25, 0.3) is 0 Å². The third-order valence-corrected chi connectivity index (χ3v) is 5.39. The third-order valence-electron chi connectivity index (χ3n) is 5.39. The molecule has 0 radical (unpaired) electrons. The van der Waals surface area contributed by atoms with Gasteiger partial charge in [-0.05, 0) is 23.6 Å². The molecular weight excluding hydrogens is 402 g/mol. The maximum atomic E-state index is 12.9. The summed E-state index contributed by atoms with van der Waals surface area (Å²) in [7, 11) is 2.36. The van der Waals surface area contributed by atoms with Crippen LogP contribution < -0.4 is 4.90 Å². The van der Waals surface area contributed by atoms with Crippen LogP contribution in [0.25, 0.3) is 0 Å². The Balaban J connectivity index is 1.96. The van der Waals surface area contributed by atoms with Crippen LogP contribution in [0.5, 0.6) is 0 Å². The smallest absolute Gasteiger partial charge is 0.416 e. The van der Waals surface area contributed by atoms with Gasteiger partial charge in [-0.25, -0.2) is 4.79 Å². The minimum absolute atomic E-state index is 0.0421. The number of fused-ring (bicyclic) bond motifs is 1. The van der Waals surface area contributed by atoms with Crippen LogP contribution in [0.15, 0.2) is 48.5 Å². The van der Waals surface area contributed by atoms with Crippen LogP contribution in [0, 0.1) is 12.8 Å². The van der Waals surface area contributed by atoms with Crippen molar-refractivity contribution in [3.63, 3.8) is 0 Å². The number of carbonyl (C=O) groups excluding carboxylic acids is 3. The third kappa shape index (κ3) is 4.54. The molecule has 8 heteroatoms. The quantitative estimate of drug-likeness (QED) is 0.445. The zero-order valence-corrected chi connectivity index (χ0v) is 17.6. The minimum Gasteiger partial charge on any atom is -0.468 e. The number of para-hydroxylation sites is 1. The first kappa shape index (κ1) is 22.3. The first-order chi connectivity index (χ1) is 14.9. The number of amides is 1. The van der Waals surface area contributed by atoms with Crippen LogP contribution in [-0.4, -0.2) is 43.6 Å². The van der Waals surface area contributed by atoms with E-state index >= 15 is 0 Å². The van der Waals surface area contributed by atoms with Crippen LogP contribution in [0.1, 0.15) is 29.0 Å². The Morgan fingerprint density at radius 3 is 2.29 bits per heavy atom. The Kier molecular flexibility index (Phi) is 6.91. The maximum Gasteiger partial charge on any atom is 0.416 e. The van der Waals surface area contributed by atoms with E-state index in [1.165, 1.54) is 14.2 Å². The van der Waals surface area contributed by atoms with Crippen molar-refractivity contribution in [2.24, 2.45) is 5.92 Å². The number of carbonyl (C=O) groups is 3. The Bertz CT molecular complexity index is 944. The fraction of sp³-hybridized carbons (Fsp3) is 0.348. The molecule has 1 unspecified atom stereocenters. The number of rotatable bonds is 5. The van der Waals surface area contributed by atoms with Gasteiger partial charge in [0.15, 0.2) is 5.92 Å². The Morgan fingerprint density at radius 1 is 1.03 bits per heavy atom. The summed E-state index contributed by atoms with van der Waals surface area (Å²) in [5, 5.41) is 10.9. The summed E-state index contributed by atoms with van der Waals surface area (Å²) >= 11 is 0. The zero-order chi connectivity index (χ0) is 22.5. The predicted molar refractivity (Wildman–Crippen MR) is 111 cm³/mol. The molecule has 0 spiro atoms. The van der Waals surface area contributed by atoms with Gasteiger partial charge in [-0.15, -0.1) is 0 Å². The van der Waals surface area contributed by atoms with E-state index in [9.17, 15) is 19.5 Å². The number of methoxy groups -OCH3 is 2. The molecule has 2 atom stereocenters. The van der Waals surface area contributed by atoms with Crippen molar-refractivity contribution >= 4 is 23.7 Å². The first-order valence-electron chi connectivity index (χ1n) is 9.82. The highest BCUT2D eigenvalue weighted by molar-refractivity contribution is 5.97. The van der Waals surface area contributed by atoms with Gasteiger partial charge in [-0.3, -0.25) is 14.5 Å². The number of hydrogen-bond donors (Lipinski definition) is 1. The molecule has 2 aromatic rings. The van der Waals surface area contributed by atoms with Crippen molar-refractivity contribution in [2.45, 2.75) is 32.1 Å². The number of benzene rings is 2. The normalized spacial score (nSPS) is 17.6. The van der Waals surface area contributed by atoms with Gasteiger partial charge in [-0.1, -0.05) is 48.5 Å². The number of aryl methyl sites for hydroxylation is 1. The molecule has 0 fully saturated rings. The van der Waals surface area contributed by atoms with Crippen molar-refractivity contribution < 1.29 is 33.7 Å². The van der Waals surface area contributed by atoms with Gasteiger partial charge < -0.3 is 19.3 Å². The molecule has 0 aliphatic carbocycles. The molecule has 0 aromatic heterocycles. The van der Waals surface area contributed by atoms with Crippen molar-refractivity contribution in [2.75, 3.05) is 19.1 Å². The summed E-state index contributed by atoms with van der Waals surface area (Å²) in [6.07, 6.45) is -2.09. The van der Waals surface area contributed by atoms with E-state index in [1.54, 1.807) is 25.1 Å². The maximum absolute atomic E-state index is 12.9. The van der Waals surface area contributed by atoms with Crippen LogP contribution in [0.4, 0.5) is 10.5 Å². The molecule has 2 aromatic carbocycles. The molecule has 0 saturated carbocycles. The topological polar surface area (TPSA) is 102 Å². The van der Waals surface area contributed by atoms with Crippen LogP contribution in [-0.2, 0) is 30.4 Å². The second kappa shape index (κ2) is 9.61. The lowest BCUT2D eigenvalue weighted by Crippen LogP contribution is -2.48. The standard InChI is InChI=1S/C23H25NO7/c1-14-8-7-11-16-17(19(21(26)29-2)22(27)30-3)12-18(25)24(20(14)16)23(28)31-13-15-9-5-4-6-10-15/h4-11,17-19,25H,12-13H2,1-3H3/t17-,18?/m0/s1. The monoisotopic (exact) mass is 427 g/mol. The van der Waals surface area contributed by atoms with Gasteiger partial charge in [0, 0.05) is 12.3 Å². The zero-order valence-electron chi connectivity index (χ0n) is 17.6. The van der Waals surface area contributed by atoms with Crippen molar-refractivity contribution in [1.82, 2.24) is 0 Å². The van der Waals surface area contributed by atoms with E-state index in [1.807, 2.05) is 30.3 Å². The van der Waals surface area contributed by atoms with Crippen LogP contribution in [0.2, 0.25) is 0 Å². The fourth-order valence-corrected chi connectivity index (χ4v) is 3.91. The summed E-state index contributed by atoms with van der Waals surface area (Å²) in [5.41, 5.74) is 2.46. The molecule has 0 saturated heterocycles. The van der Waals surface area contributed by atoms with E-state index in [0.717, 1.165) is 10.5 Å². The number of nitrogens with zero attached hydrogens (tertiary/aromatic N) is 1. The largest absolute Gasteiger partial charge is 0.468 e. The molecule has 1 heterocycles. The Morgan fingerprint density at radius 2 is 1.68 bits per heavy atom. The highest BCUT2D eigenvalue weighted by Gasteiger charge is 2.46. The molecule has 1 aliphatic heterocycles. The van der Waals surface area contributed by atoms with Gasteiger partial charge in [0.2, 0.25) is 0 Å². The molecule has 31 heavy (non-hydrogen) atoms. The highest BCUT2D eigenvalue weighted by Crippen LogP contribution is 2.44. The number of anilines is 1. The summed E-state index contributed by atoms with van der Waals surface area (Å²) in [5.74, 6) is -3.54. The summed E-state index contributed by atoms with van der Waals surface area (Å²) in [6.45, 7) is 1.82. The predicted octanol–water partition coefficient (Wildman–Crippen LogP) is 2.91. The Labute approximate surface area is 180 Å². The number of esters is 2. The van der Waals surface area contributed by atoms with E-state index in [2.05, 4.69) is 0 Å². The second-order valence-corrected chi connectivity index (χ2v) is 7.27. The van der Waals surface area contributed by atoms with Crippen molar-refractivity contribution in [3.05, 3.63) is 65.2 Å². The highest BCUT2D eigenvalue weighted by atomic mass is 16.6. The SMILES string of the molecule is COC(=O)C(C(=O)OC)[C@H]1CC(O)N(C(=O)OCc2ccccc2)c2c(C)cccc21. The molecule has 1 amide bonds. The van der Waals surface area contributed by atoms with Crippen molar-refractivity contribution in [1.29, 1.82) is 0 Å². The van der Waals surface area contributed by atoms with Gasteiger partial charge >= 0.3 is 18.0 Å². The van der Waals surface area contributed by atoms with E-state index in [-0.39, 0.29) is 13.0 Å². The van der Waals surface area contributed by atoms with Crippen LogP contribution >= 0.6 is 0 Å². The molecule has 1 aliphatic rings. The fourth-order valence-electron chi connectivity index (χ4n) is 3.91. The summed E-state index contributed by atoms with van der Waals surface area (Å²) < 4.78 is 15.0. The lowest BCUT2D eigenvalue weighted by atomic mass is 9.78. The van der Waals surface area contributed by atoms with Gasteiger partial charge in [0.1, 0.15) is 12.8 Å². The summed E-state index contributed by atoms with van der Waals surface area (Å²) in [4.78, 5) is 38.8. The van der Waals surface area contributed by atoms with Crippen LogP contribution in [0.3, 0.4) is 0 Å². The number of hydrogen-bond acceptors (Lipinski definition) is 7. The van der Waals surface area contributed by atoms with Gasteiger partial charge in [0.05, 0.1) is 19.9 Å². The molecule has 1 N–H and O–H groups in total. The second-order valence-electron chi connectivity index (χ2n) is 7.27. The average molecular weight is 427 g/mol. The molecule has 164 valence electrons. The van der Waals surface area contributed by atoms with E-state index < -0.39 is 36.1 Å². The van der Waals surface area contributed by atoms with Crippen molar-refractivity contribution in [3.8, 4) is 0 Å². The first-order valence-corrected chi connectivity index (χ1v) is 9.82. The average Bonchev–Trinajstić information content (AvgIpc) is 2.78. The van der Waals surface area contributed by atoms with Gasteiger partial charge in [-0.2, -0.15) is 0 Å². The molecule has 0 bridgehead atoms. The number of aliphatic hydroxyl groups is 1. The minimum atomic E-state index is -1.31. The molecule has 3 rings (SSSR count). The molecular formula is C23H25NO7. The number of aliphatic hydroxyl groups excluding tert-OH is 1. The molecule has 8 nitrogen and oxygen atoms in total.